The molecule has 4 nitrogen and oxygen atoms in total. The van der Waals surface area contributed by atoms with Gasteiger partial charge in [-0.25, -0.2) is 4.79 Å². The quantitative estimate of drug-likeness (QED) is 0.358. The smallest absolute Gasteiger partial charge is 0.355 e. The Morgan fingerprint density at radius 3 is 2.45 bits per heavy atom. The van der Waals surface area contributed by atoms with Crippen molar-refractivity contribution in [1.82, 2.24) is 9.88 Å². The summed E-state index contributed by atoms with van der Waals surface area (Å²) in [4.78, 5) is 13.0. The zero-order valence-electron chi connectivity index (χ0n) is 18.7. The van der Waals surface area contributed by atoms with Crippen LogP contribution < -0.4 is 5.32 Å². The standard InChI is InChI=1S/C25H31ClN2O2.ClH/c1-5-30-25(29)24-21-14-13-20(26)16-22(21)23(19-11-7-6-8-12-19)28(24)15-9-10-18(4)27-17(2)3;/h6-8,11-14,16-18,27H,5,9-10,15H2,1-4H3;1H. The Hall–Kier alpha value is -2.01. The lowest BCUT2D eigenvalue weighted by Gasteiger charge is -2.18. The van der Waals surface area contributed by atoms with Gasteiger partial charge in [0.05, 0.1) is 12.3 Å². The molecular weight excluding hydrogens is 431 g/mol. The van der Waals surface area contributed by atoms with E-state index in [1.807, 2.05) is 43.3 Å². The van der Waals surface area contributed by atoms with E-state index in [2.05, 4.69) is 42.8 Å². The van der Waals surface area contributed by atoms with Crippen molar-refractivity contribution >= 4 is 40.7 Å². The molecule has 0 spiro atoms. The summed E-state index contributed by atoms with van der Waals surface area (Å²) in [5.74, 6) is -0.291. The van der Waals surface area contributed by atoms with Gasteiger partial charge in [0, 0.05) is 34.4 Å². The maximum atomic E-state index is 13.0. The van der Waals surface area contributed by atoms with Crippen LogP contribution in [0.4, 0.5) is 0 Å². The summed E-state index contributed by atoms with van der Waals surface area (Å²) in [6.45, 7) is 9.43. The van der Waals surface area contributed by atoms with Crippen molar-refractivity contribution in [1.29, 1.82) is 0 Å². The average molecular weight is 463 g/mol. The highest BCUT2D eigenvalue weighted by Crippen LogP contribution is 2.36. The number of esters is 1. The van der Waals surface area contributed by atoms with Crippen molar-refractivity contribution in [3.05, 3.63) is 59.2 Å². The fourth-order valence-corrected chi connectivity index (χ4v) is 4.25. The lowest BCUT2D eigenvalue weighted by Crippen LogP contribution is -2.32. The molecule has 3 rings (SSSR count). The third-order valence-corrected chi connectivity index (χ3v) is 5.42. The Balaban J connectivity index is 0.00000341. The van der Waals surface area contributed by atoms with Gasteiger partial charge >= 0.3 is 5.97 Å². The number of aromatic nitrogens is 1. The van der Waals surface area contributed by atoms with E-state index in [9.17, 15) is 4.79 Å². The largest absolute Gasteiger partial charge is 0.461 e. The van der Waals surface area contributed by atoms with Crippen LogP contribution in [0.15, 0.2) is 48.5 Å². The zero-order chi connectivity index (χ0) is 21.7. The number of benzene rings is 2. The van der Waals surface area contributed by atoms with E-state index >= 15 is 0 Å². The fraction of sp³-hybridized carbons (Fsp3) is 0.400. The Bertz CT molecular complexity index is 1000. The zero-order valence-corrected chi connectivity index (χ0v) is 20.2. The normalized spacial score (nSPS) is 12.1. The molecule has 1 aromatic heterocycles. The van der Waals surface area contributed by atoms with Gasteiger partial charge in [-0.15, -0.1) is 12.4 Å². The third-order valence-electron chi connectivity index (χ3n) is 5.18. The number of hydrogen-bond donors (Lipinski definition) is 1. The van der Waals surface area contributed by atoms with Gasteiger partial charge in [-0.1, -0.05) is 61.8 Å². The van der Waals surface area contributed by atoms with Gasteiger partial charge in [-0.05, 0) is 44.4 Å². The van der Waals surface area contributed by atoms with E-state index in [1.165, 1.54) is 0 Å². The third kappa shape index (κ3) is 6.03. The summed E-state index contributed by atoms with van der Waals surface area (Å²) < 4.78 is 7.55. The molecule has 1 heterocycles. The molecule has 0 radical (unpaired) electrons. The van der Waals surface area contributed by atoms with Gasteiger partial charge in [0.25, 0.3) is 0 Å². The van der Waals surface area contributed by atoms with Gasteiger partial charge in [-0.2, -0.15) is 0 Å². The summed E-state index contributed by atoms with van der Waals surface area (Å²) >= 11 is 6.34. The molecule has 0 aliphatic rings. The number of rotatable bonds is 9. The van der Waals surface area contributed by atoms with Gasteiger partial charge < -0.3 is 14.6 Å². The molecule has 1 unspecified atom stereocenters. The van der Waals surface area contributed by atoms with Gasteiger partial charge in [-0.3, -0.25) is 0 Å². The second-order valence-electron chi connectivity index (χ2n) is 7.99. The van der Waals surface area contributed by atoms with Crippen LogP contribution in [0.5, 0.6) is 0 Å². The van der Waals surface area contributed by atoms with Crippen molar-refractivity contribution in [2.75, 3.05) is 6.61 Å². The van der Waals surface area contributed by atoms with Crippen LogP contribution in [0.1, 0.15) is 51.0 Å². The lowest BCUT2D eigenvalue weighted by molar-refractivity contribution is 0.0516. The minimum absolute atomic E-state index is 0. The van der Waals surface area contributed by atoms with Gasteiger partial charge in [0.1, 0.15) is 5.69 Å². The van der Waals surface area contributed by atoms with Crippen molar-refractivity contribution in [3.8, 4) is 11.3 Å². The molecule has 0 aliphatic heterocycles. The second kappa shape index (κ2) is 11.6. The van der Waals surface area contributed by atoms with E-state index in [1.54, 1.807) is 0 Å². The number of fused-ring (bicyclic) bond motifs is 1. The summed E-state index contributed by atoms with van der Waals surface area (Å²) in [5, 5.41) is 6.06. The van der Waals surface area contributed by atoms with Crippen molar-refractivity contribution in [3.63, 3.8) is 0 Å². The monoisotopic (exact) mass is 462 g/mol. The Morgan fingerprint density at radius 2 is 1.81 bits per heavy atom. The first kappa shape index (κ1) is 25.3. The molecule has 3 aromatic rings. The van der Waals surface area contributed by atoms with Crippen LogP contribution in [0.25, 0.3) is 22.0 Å². The highest BCUT2D eigenvalue weighted by atomic mass is 35.5. The highest BCUT2D eigenvalue weighted by Gasteiger charge is 2.24. The minimum atomic E-state index is -0.291. The number of nitrogens with zero attached hydrogens (tertiary/aromatic N) is 1. The number of carbonyl (C=O) groups excluding carboxylic acids is 1. The Labute approximate surface area is 196 Å². The van der Waals surface area contributed by atoms with E-state index in [0.29, 0.717) is 29.4 Å². The molecule has 1 N–H and O–H groups in total. The van der Waals surface area contributed by atoms with Crippen molar-refractivity contribution < 1.29 is 9.53 Å². The summed E-state index contributed by atoms with van der Waals surface area (Å²) in [6, 6.07) is 16.7. The molecule has 0 bridgehead atoms. The van der Waals surface area contributed by atoms with Crippen LogP contribution in [0.2, 0.25) is 5.02 Å². The Morgan fingerprint density at radius 1 is 1.10 bits per heavy atom. The fourth-order valence-electron chi connectivity index (χ4n) is 4.08. The molecule has 6 heteroatoms. The predicted molar refractivity (Wildman–Crippen MR) is 133 cm³/mol. The van der Waals surface area contributed by atoms with Crippen LogP contribution in [-0.2, 0) is 11.3 Å². The number of nitrogens with one attached hydrogen (secondary N) is 1. The van der Waals surface area contributed by atoms with Crippen LogP contribution in [0, 0.1) is 0 Å². The first-order chi connectivity index (χ1) is 14.4. The molecule has 31 heavy (non-hydrogen) atoms. The number of carbonyl (C=O) groups is 1. The second-order valence-corrected chi connectivity index (χ2v) is 8.43. The average Bonchev–Trinajstić information content (AvgIpc) is 3.01. The van der Waals surface area contributed by atoms with E-state index in [0.717, 1.165) is 41.4 Å². The molecule has 168 valence electrons. The molecule has 1 atom stereocenters. The lowest BCUT2D eigenvalue weighted by atomic mass is 10.1. The maximum absolute atomic E-state index is 13.0. The number of hydrogen-bond acceptors (Lipinski definition) is 3. The molecule has 0 saturated heterocycles. The highest BCUT2D eigenvalue weighted by molar-refractivity contribution is 6.31. The first-order valence-electron chi connectivity index (χ1n) is 10.7. The molecule has 0 saturated carbocycles. The molecule has 2 aromatic carbocycles. The summed E-state index contributed by atoms with van der Waals surface area (Å²) in [5.41, 5.74) is 2.68. The number of halogens is 2. The van der Waals surface area contributed by atoms with E-state index in [-0.39, 0.29) is 18.4 Å². The van der Waals surface area contributed by atoms with Gasteiger partial charge in [0.2, 0.25) is 0 Å². The molecular formula is C25H32Cl2N2O2. The summed E-state index contributed by atoms with van der Waals surface area (Å²) in [7, 11) is 0. The van der Waals surface area contributed by atoms with Crippen LogP contribution in [0.3, 0.4) is 0 Å². The summed E-state index contributed by atoms with van der Waals surface area (Å²) in [6.07, 6.45) is 1.96. The minimum Gasteiger partial charge on any atom is -0.461 e. The predicted octanol–water partition coefficient (Wildman–Crippen LogP) is 6.73. The molecule has 0 amide bonds. The maximum Gasteiger partial charge on any atom is 0.355 e. The topological polar surface area (TPSA) is 43.3 Å². The Kier molecular flexibility index (Phi) is 9.42. The van der Waals surface area contributed by atoms with Gasteiger partial charge in [0.15, 0.2) is 0 Å². The SMILES string of the molecule is CCOC(=O)c1c2ccc(Cl)cc2c(-c2ccccc2)n1CCCC(C)NC(C)C.Cl. The molecule has 0 aliphatic carbocycles. The van der Waals surface area contributed by atoms with E-state index < -0.39 is 0 Å². The van der Waals surface area contributed by atoms with Crippen molar-refractivity contribution in [2.24, 2.45) is 0 Å². The van der Waals surface area contributed by atoms with Crippen LogP contribution >= 0.6 is 24.0 Å². The number of ether oxygens (including phenoxy) is 1. The first-order valence-corrected chi connectivity index (χ1v) is 11.1. The van der Waals surface area contributed by atoms with Crippen LogP contribution in [-0.4, -0.2) is 29.2 Å². The van der Waals surface area contributed by atoms with Crippen molar-refractivity contribution in [2.45, 2.75) is 59.2 Å². The van der Waals surface area contributed by atoms with E-state index in [4.69, 9.17) is 16.3 Å². The molecule has 0 fully saturated rings.